The lowest BCUT2D eigenvalue weighted by Gasteiger charge is -2.30. The topological polar surface area (TPSA) is 64.3 Å². The SMILES string of the molecule is CN1CC[C@@H](C#N)[C@H](C(=O)O)C1. The Morgan fingerprint density at radius 3 is 2.92 bits per heavy atom. The summed E-state index contributed by atoms with van der Waals surface area (Å²) in [6.07, 6.45) is 0.671. The minimum Gasteiger partial charge on any atom is -0.481 e. The number of carboxylic acid groups (broad SMARTS) is 1. The van der Waals surface area contributed by atoms with E-state index < -0.39 is 11.9 Å². The molecule has 1 heterocycles. The Hall–Kier alpha value is -1.08. The van der Waals surface area contributed by atoms with Crippen LogP contribution in [-0.4, -0.2) is 36.1 Å². The molecule has 0 aromatic rings. The van der Waals surface area contributed by atoms with Gasteiger partial charge in [0.2, 0.25) is 0 Å². The van der Waals surface area contributed by atoms with E-state index in [0.717, 1.165) is 6.54 Å². The molecule has 0 spiro atoms. The maximum Gasteiger partial charge on any atom is 0.309 e. The molecule has 1 fully saturated rings. The minimum atomic E-state index is -0.854. The van der Waals surface area contributed by atoms with Crippen LogP contribution < -0.4 is 0 Å². The van der Waals surface area contributed by atoms with Crippen molar-refractivity contribution in [3.8, 4) is 6.07 Å². The highest BCUT2D eigenvalue weighted by Gasteiger charge is 2.32. The van der Waals surface area contributed by atoms with Gasteiger partial charge in [-0.1, -0.05) is 0 Å². The summed E-state index contributed by atoms with van der Waals surface area (Å²) < 4.78 is 0. The van der Waals surface area contributed by atoms with Gasteiger partial charge >= 0.3 is 5.97 Å². The fourth-order valence-electron chi connectivity index (χ4n) is 1.52. The Labute approximate surface area is 71.4 Å². The van der Waals surface area contributed by atoms with E-state index in [0.29, 0.717) is 13.0 Å². The molecule has 2 atom stereocenters. The third-order valence-corrected chi connectivity index (χ3v) is 2.30. The summed E-state index contributed by atoms with van der Waals surface area (Å²) in [5, 5.41) is 17.4. The van der Waals surface area contributed by atoms with Gasteiger partial charge in [-0.3, -0.25) is 4.79 Å². The summed E-state index contributed by atoms with van der Waals surface area (Å²) in [7, 11) is 1.88. The quantitative estimate of drug-likeness (QED) is 0.605. The standard InChI is InChI=1S/C8H12N2O2/c1-10-3-2-6(4-9)7(5-10)8(11)12/h6-7H,2-3,5H2,1H3,(H,11,12)/t6-,7+/m0/s1. The number of aliphatic carboxylic acids is 1. The number of hydrogen-bond acceptors (Lipinski definition) is 3. The van der Waals surface area contributed by atoms with E-state index in [2.05, 4.69) is 0 Å². The van der Waals surface area contributed by atoms with Crippen molar-refractivity contribution in [2.45, 2.75) is 6.42 Å². The molecule has 0 unspecified atom stereocenters. The zero-order valence-corrected chi connectivity index (χ0v) is 7.03. The largest absolute Gasteiger partial charge is 0.481 e. The average Bonchev–Trinajstić information content (AvgIpc) is 2.04. The van der Waals surface area contributed by atoms with Gasteiger partial charge in [-0.25, -0.2) is 0 Å². The van der Waals surface area contributed by atoms with E-state index in [-0.39, 0.29) is 5.92 Å². The zero-order valence-electron chi connectivity index (χ0n) is 7.03. The molecule has 0 radical (unpaired) electrons. The third kappa shape index (κ3) is 1.74. The molecule has 0 saturated carbocycles. The van der Waals surface area contributed by atoms with Crippen LogP contribution in [0.1, 0.15) is 6.42 Å². The lowest BCUT2D eigenvalue weighted by molar-refractivity contribution is -0.144. The van der Waals surface area contributed by atoms with E-state index in [1.807, 2.05) is 18.0 Å². The second-order valence-electron chi connectivity index (χ2n) is 3.23. The molecule has 12 heavy (non-hydrogen) atoms. The van der Waals surface area contributed by atoms with Crippen LogP contribution in [0.2, 0.25) is 0 Å². The van der Waals surface area contributed by atoms with E-state index in [4.69, 9.17) is 10.4 Å². The van der Waals surface area contributed by atoms with Gasteiger partial charge in [0.25, 0.3) is 0 Å². The van der Waals surface area contributed by atoms with Crippen molar-refractivity contribution in [3.63, 3.8) is 0 Å². The van der Waals surface area contributed by atoms with Crippen molar-refractivity contribution in [2.75, 3.05) is 20.1 Å². The number of carboxylic acids is 1. The Kier molecular flexibility index (Phi) is 2.66. The van der Waals surface area contributed by atoms with Crippen LogP contribution in [0, 0.1) is 23.2 Å². The molecule has 0 aliphatic carbocycles. The number of nitriles is 1. The van der Waals surface area contributed by atoms with Gasteiger partial charge in [-0.2, -0.15) is 5.26 Å². The second-order valence-corrected chi connectivity index (χ2v) is 3.23. The monoisotopic (exact) mass is 168 g/mol. The smallest absolute Gasteiger partial charge is 0.309 e. The number of likely N-dealkylation sites (tertiary alicyclic amines) is 1. The predicted molar refractivity (Wildman–Crippen MR) is 42.3 cm³/mol. The van der Waals surface area contributed by atoms with Crippen molar-refractivity contribution in [1.29, 1.82) is 5.26 Å². The molecule has 1 N–H and O–H groups in total. The highest BCUT2D eigenvalue weighted by Crippen LogP contribution is 2.21. The fraction of sp³-hybridized carbons (Fsp3) is 0.750. The average molecular weight is 168 g/mol. The third-order valence-electron chi connectivity index (χ3n) is 2.30. The number of hydrogen-bond donors (Lipinski definition) is 1. The minimum absolute atomic E-state index is 0.307. The summed E-state index contributed by atoms with van der Waals surface area (Å²) in [6.45, 7) is 1.32. The molecule has 1 rings (SSSR count). The lowest BCUT2D eigenvalue weighted by Crippen LogP contribution is -2.41. The molecule has 4 nitrogen and oxygen atoms in total. The van der Waals surface area contributed by atoms with Gasteiger partial charge in [-0.15, -0.1) is 0 Å². The highest BCUT2D eigenvalue weighted by molar-refractivity contribution is 5.71. The molecule has 0 aromatic heterocycles. The van der Waals surface area contributed by atoms with Crippen molar-refractivity contribution in [1.82, 2.24) is 4.90 Å². The van der Waals surface area contributed by atoms with E-state index >= 15 is 0 Å². The van der Waals surface area contributed by atoms with Crippen molar-refractivity contribution in [3.05, 3.63) is 0 Å². The van der Waals surface area contributed by atoms with Gasteiger partial charge in [0, 0.05) is 6.54 Å². The van der Waals surface area contributed by atoms with Crippen LogP contribution in [0.4, 0.5) is 0 Å². The Bertz CT molecular complexity index is 222. The highest BCUT2D eigenvalue weighted by atomic mass is 16.4. The summed E-state index contributed by atoms with van der Waals surface area (Å²) in [6, 6.07) is 2.05. The van der Waals surface area contributed by atoms with Crippen molar-refractivity contribution < 1.29 is 9.90 Å². The maximum absolute atomic E-state index is 10.7. The van der Waals surface area contributed by atoms with E-state index in [1.165, 1.54) is 0 Å². The summed E-state index contributed by atoms with van der Waals surface area (Å²) in [4.78, 5) is 12.6. The summed E-state index contributed by atoms with van der Waals surface area (Å²) >= 11 is 0. The normalized spacial score (nSPS) is 31.0. The van der Waals surface area contributed by atoms with E-state index in [1.54, 1.807) is 0 Å². The van der Waals surface area contributed by atoms with Crippen LogP contribution in [0.3, 0.4) is 0 Å². The lowest BCUT2D eigenvalue weighted by atomic mass is 9.87. The molecular weight excluding hydrogens is 156 g/mol. The number of piperidine rings is 1. The maximum atomic E-state index is 10.7. The Balaban J connectivity index is 2.66. The van der Waals surface area contributed by atoms with Crippen LogP contribution in [0.5, 0.6) is 0 Å². The van der Waals surface area contributed by atoms with Gasteiger partial charge < -0.3 is 10.0 Å². The summed E-state index contributed by atoms with van der Waals surface area (Å²) in [5.74, 6) is -1.67. The molecule has 1 aliphatic rings. The van der Waals surface area contributed by atoms with Gasteiger partial charge in [-0.05, 0) is 20.0 Å². The second kappa shape index (κ2) is 3.55. The zero-order chi connectivity index (χ0) is 9.14. The van der Waals surface area contributed by atoms with Gasteiger partial charge in [0.05, 0.1) is 17.9 Å². The molecule has 4 heteroatoms. The van der Waals surface area contributed by atoms with Gasteiger partial charge in [0.1, 0.15) is 0 Å². The molecule has 66 valence electrons. The number of nitrogens with zero attached hydrogens (tertiary/aromatic N) is 2. The Morgan fingerprint density at radius 2 is 2.42 bits per heavy atom. The molecule has 1 aliphatic heterocycles. The van der Waals surface area contributed by atoms with Crippen molar-refractivity contribution in [2.24, 2.45) is 11.8 Å². The first kappa shape index (κ1) is 9.01. The molecular formula is C8H12N2O2. The fourth-order valence-corrected chi connectivity index (χ4v) is 1.52. The number of carbonyl (C=O) groups is 1. The van der Waals surface area contributed by atoms with Crippen LogP contribution in [0.25, 0.3) is 0 Å². The molecule has 0 bridgehead atoms. The van der Waals surface area contributed by atoms with E-state index in [9.17, 15) is 4.79 Å². The summed E-state index contributed by atoms with van der Waals surface area (Å²) in [5.41, 5.74) is 0. The Morgan fingerprint density at radius 1 is 1.75 bits per heavy atom. The first-order chi connectivity index (χ1) is 5.65. The first-order valence-corrected chi connectivity index (χ1v) is 3.96. The molecule has 1 saturated heterocycles. The van der Waals surface area contributed by atoms with Crippen LogP contribution >= 0.6 is 0 Å². The molecule has 0 amide bonds. The van der Waals surface area contributed by atoms with Gasteiger partial charge in [0.15, 0.2) is 0 Å². The van der Waals surface area contributed by atoms with Crippen LogP contribution in [-0.2, 0) is 4.79 Å². The van der Waals surface area contributed by atoms with Crippen LogP contribution in [0.15, 0.2) is 0 Å². The van der Waals surface area contributed by atoms with Crippen molar-refractivity contribution >= 4 is 5.97 Å². The predicted octanol–water partition coefficient (Wildman–Crippen LogP) is 0.162. The first-order valence-electron chi connectivity index (χ1n) is 3.96. The number of rotatable bonds is 1. The molecule has 0 aromatic carbocycles.